The third-order valence-corrected chi connectivity index (χ3v) is 2.80. The van der Waals surface area contributed by atoms with E-state index >= 15 is 0 Å². The molecular weight excluding hydrogens is 286 g/mol. The molecule has 0 bridgehead atoms. The highest BCUT2D eigenvalue weighted by Gasteiger charge is 2.24. The minimum atomic E-state index is -3.97. The van der Waals surface area contributed by atoms with Crippen LogP contribution in [0.3, 0.4) is 0 Å². The Morgan fingerprint density at radius 1 is 1.21 bits per heavy atom. The Hall–Kier alpha value is -0.690. The Bertz CT molecular complexity index is 448. The zero-order chi connectivity index (χ0) is 14.4. The number of thiocarbonyl (C=S) groups is 1. The second-order valence-electron chi connectivity index (χ2n) is 5.18. The maximum atomic E-state index is 10.6. The highest BCUT2D eigenvalue weighted by molar-refractivity contribution is 7.85. The lowest BCUT2D eigenvalue weighted by atomic mass is 10.1. The summed E-state index contributed by atoms with van der Waals surface area (Å²) in [6.45, 7) is 7.34. The summed E-state index contributed by atoms with van der Waals surface area (Å²) in [4.78, 5) is 3.91. The summed E-state index contributed by atoms with van der Waals surface area (Å²) >= 11 is 4.55. The van der Waals surface area contributed by atoms with Gasteiger partial charge in [0.1, 0.15) is 0 Å². The number of rotatable bonds is 6. The predicted molar refractivity (Wildman–Crippen MR) is 80.4 cm³/mol. The fourth-order valence-electron chi connectivity index (χ4n) is 1.07. The van der Waals surface area contributed by atoms with Gasteiger partial charge in [-0.05, 0) is 52.8 Å². The molecule has 0 fully saturated rings. The fraction of sp³-hybridized carbons (Fsp3) is 0.909. The lowest BCUT2D eigenvalue weighted by Crippen LogP contribution is -2.21. The van der Waals surface area contributed by atoms with Gasteiger partial charge >= 0.3 is 0 Å². The molecule has 0 aromatic rings. The molecule has 19 heavy (non-hydrogen) atoms. The normalized spacial score (nSPS) is 15.4. The van der Waals surface area contributed by atoms with Crippen LogP contribution in [-0.4, -0.2) is 35.1 Å². The van der Waals surface area contributed by atoms with Crippen molar-refractivity contribution >= 4 is 27.5 Å². The molecule has 1 N–H and O–H groups in total. The van der Waals surface area contributed by atoms with Gasteiger partial charge in [-0.25, -0.2) is 4.99 Å². The van der Waals surface area contributed by atoms with Crippen LogP contribution in [0.25, 0.3) is 0 Å². The summed E-state index contributed by atoms with van der Waals surface area (Å²) < 4.78 is 29.9. The monoisotopic (exact) mass is 309 g/mol. The van der Waals surface area contributed by atoms with Crippen molar-refractivity contribution in [2.24, 2.45) is 15.2 Å². The van der Waals surface area contributed by atoms with E-state index in [2.05, 4.69) is 32.6 Å². The van der Waals surface area contributed by atoms with Crippen LogP contribution < -0.4 is 0 Å². The van der Waals surface area contributed by atoms with Crippen molar-refractivity contribution in [3.05, 3.63) is 0 Å². The van der Waals surface area contributed by atoms with Crippen LogP contribution in [0.4, 0.5) is 0 Å². The first kappa shape index (κ1) is 20.6. The van der Waals surface area contributed by atoms with Crippen LogP contribution in [0.5, 0.6) is 0 Å². The number of azo groups is 1. The first-order valence-electron chi connectivity index (χ1n) is 5.46. The van der Waals surface area contributed by atoms with Gasteiger partial charge in [0.15, 0.2) is 5.66 Å². The lowest BCUT2D eigenvalue weighted by Gasteiger charge is -2.19. The first-order chi connectivity index (χ1) is 7.97. The van der Waals surface area contributed by atoms with Crippen LogP contribution in [0.2, 0.25) is 0 Å². The Labute approximate surface area is 121 Å². The van der Waals surface area contributed by atoms with Crippen molar-refractivity contribution in [2.45, 2.75) is 59.2 Å². The van der Waals surface area contributed by atoms with Crippen molar-refractivity contribution in [3.8, 4) is 0 Å². The van der Waals surface area contributed by atoms with Crippen LogP contribution >= 0.6 is 12.2 Å². The zero-order valence-electron chi connectivity index (χ0n) is 11.0. The Morgan fingerprint density at radius 2 is 1.74 bits per heavy atom. The van der Waals surface area contributed by atoms with Gasteiger partial charge in [0.05, 0.1) is 16.5 Å². The number of hydrogen-bond donors (Lipinski definition) is 1. The third kappa shape index (κ3) is 12.1. The molecule has 0 radical (unpaired) electrons. The molecule has 112 valence electrons. The summed E-state index contributed by atoms with van der Waals surface area (Å²) in [5.41, 5.74) is -1.28. The number of isothiocyanates is 1. The quantitative estimate of drug-likeness (QED) is 0.352. The third-order valence-electron chi connectivity index (χ3n) is 1.90. The Kier molecular flexibility index (Phi) is 8.46. The van der Waals surface area contributed by atoms with E-state index in [0.717, 1.165) is 0 Å². The maximum Gasteiger partial charge on any atom is 0.264 e. The fourth-order valence-corrected chi connectivity index (χ4v) is 1.78. The van der Waals surface area contributed by atoms with Gasteiger partial charge in [0.25, 0.3) is 10.1 Å². The van der Waals surface area contributed by atoms with E-state index in [1.54, 1.807) is 6.92 Å². The first-order valence-corrected chi connectivity index (χ1v) is 7.47. The molecule has 0 aromatic carbocycles. The van der Waals surface area contributed by atoms with Gasteiger partial charge in [-0.15, -0.1) is 0 Å². The Morgan fingerprint density at radius 3 is 2.11 bits per heavy atom. The Balaban J connectivity index is 0. The molecule has 1 unspecified atom stereocenters. The van der Waals surface area contributed by atoms with Crippen molar-refractivity contribution in [2.75, 3.05) is 5.75 Å². The molecule has 0 amide bonds. The highest BCUT2D eigenvalue weighted by Crippen LogP contribution is 2.22. The van der Waals surface area contributed by atoms with Gasteiger partial charge in [0, 0.05) is 0 Å². The number of nitrogens with zero attached hydrogens (tertiary/aromatic N) is 3. The average Bonchev–Trinajstić information content (AvgIpc) is 2.12. The zero-order valence-corrected chi connectivity index (χ0v) is 12.7. The molecule has 0 aliphatic heterocycles. The largest absolute Gasteiger partial charge is 0.286 e. The van der Waals surface area contributed by atoms with E-state index in [1.165, 1.54) is 0 Å². The molecular formula is C11H23N3O3S2. The van der Waals surface area contributed by atoms with E-state index in [4.69, 9.17) is 4.55 Å². The summed E-state index contributed by atoms with van der Waals surface area (Å²) in [6, 6.07) is 0. The van der Waals surface area contributed by atoms with E-state index in [9.17, 15) is 8.42 Å². The minimum Gasteiger partial charge on any atom is -0.286 e. The van der Waals surface area contributed by atoms with E-state index in [1.807, 2.05) is 20.8 Å². The maximum absolute atomic E-state index is 10.6. The molecule has 8 heteroatoms. The van der Waals surface area contributed by atoms with Crippen molar-refractivity contribution in [1.82, 2.24) is 0 Å². The smallest absolute Gasteiger partial charge is 0.264 e. The standard InChI is InChI=1S/C10H19N3O3S2.CH4/c1-9(2,3)12-13-10(4,11-8-17)6-5-7-18(14,15)16;/h5-7H2,1-4H3,(H,14,15,16);1H4. The number of aliphatic imine (C=N–C) groups is 1. The molecule has 0 saturated carbocycles. The molecule has 0 spiro atoms. The summed E-state index contributed by atoms with van der Waals surface area (Å²) in [6.07, 6.45) is 0.537. The molecule has 0 aliphatic carbocycles. The van der Waals surface area contributed by atoms with Crippen LogP contribution in [0, 0.1) is 0 Å². The number of hydrogen-bond acceptors (Lipinski definition) is 6. The van der Waals surface area contributed by atoms with Gasteiger partial charge < -0.3 is 0 Å². The molecule has 0 heterocycles. The van der Waals surface area contributed by atoms with Gasteiger partial charge in [-0.3, -0.25) is 4.55 Å². The SMILES string of the molecule is C.CC(C)(C)N=NC(C)(CCCS(=O)(=O)O)N=C=S. The molecule has 0 aliphatic rings. The van der Waals surface area contributed by atoms with Gasteiger partial charge in [-0.2, -0.15) is 18.6 Å². The summed E-state index contributed by atoms with van der Waals surface area (Å²) in [5.74, 6) is -0.333. The van der Waals surface area contributed by atoms with E-state index in [0.29, 0.717) is 6.42 Å². The molecule has 6 nitrogen and oxygen atoms in total. The summed E-state index contributed by atoms with van der Waals surface area (Å²) in [5, 5.41) is 10.4. The van der Waals surface area contributed by atoms with E-state index in [-0.39, 0.29) is 25.1 Å². The van der Waals surface area contributed by atoms with Crippen LogP contribution in [0.1, 0.15) is 48.0 Å². The molecule has 0 rings (SSSR count). The summed E-state index contributed by atoms with van der Waals surface area (Å²) in [7, 11) is -3.97. The van der Waals surface area contributed by atoms with Gasteiger partial charge in [0.2, 0.25) is 0 Å². The topological polar surface area (TPSA) is 91.5 Å². The van der Waals surface area contributed by atoms with Crippen LogP contribution in [-0.2, 0) is 10.1 Å². The highest BCUT2D eigenvalue weighted by atomic mass is 32.2. The van der Waals surface area contributed by atoms with Crippen molar-refractivity contribution < 1.29 is 13.0 Å². The molecule has 0 saturated heterocycles. The molecule has 0 aromatic heterocycles. The second kappa shape index (κ2) is 7.79. The minimum absolute atomic E-state index is 0. The second-order valence-corrected chi connectivity index (χ2v) is 6.94. The van der Waals surface area contributed by atoms with Crippen molar-refractivity contribution in [1.29, 1.82) is 0 Å². The van der Waals surface area contributed by atoms with Crippen LogP contribution in [0.15, 0.2) is 15.2 Å². The predicted octanol–water partition coefficient (Wildman–Crippen LogP) is 3.36. The van der Waals surface area contributed by atoms with Gasteiger partial charge in [-0.1, -0.05) is 7.43 Å². The molecule has 1 atom stereocenters. The average molecular weight is 309 g/mol. The van der Waals surface area contributed by atoms with E-state index < -0.39 is 15.8 Å². The lowest BCUT2D eigenvalue weighted by molar-refractivity contribution is 0.395. The van der Waals surface area contributed by atoms with Crippen molar-refractivity contribution in [3.63, 3.8) is 0 Å².